The molecule has 0 saturated carbocycles. The van der Waals surface area contributed by atoms with Crippen LogP contribution in [0, 0.1) is 0 Å². The van der Waals surface area contributed by atoms with E-state index in [1.807, 2.05) is 12.3 Å². The molecule has 9 heteroatoms. The molecule has 0 aliphatic heterocycles. The van der Waals surface area contributed by atoms with Crippen LogP contribution in [0.5, 0.6) is 5.75 Å². The third-order valence-electron chi connectivity index (χ3n) is 4.18. The third kappa shape index (κ3) is 4.68. The van der Waals surface area contributed by atoms with Crippen molar-refractivity contribution in [1.82, 2.24) is 14.5 Å². The maximum Gasteiger partial charge on any atom is 0.262 e. The molecule has 0 saturated heterocycles. The van der Waals surface area contributed by atoms with Gasteiger partial charge in [0, 0.05) is 19.1 Å². The van der Waals surface area contributed by atoms with Crippen LogP contribution in [-0.4, -0.2) is 45.8 Å². The molecule has 1 aromatic carbocycles. The van der Waals surface area contributed by atoms with E-state index in [1.165, 1.54) is 27.7 Å². The van der Waals surface area contributed by atoms with Crippen LogP contribution in [0.15, 0.2) is 45.7 Å². The van der Waals surface area contributed by atoms with Gasteiger partial charge in [-0.2, -0.15) is 0 Å². The van der Waals surface area contributed by atoms with E-state index in [2.05, 4.69) is 4.98 Å². The lowest BCUT2D eigenvalue weighted by atomic mass is 10.3. The zero-order valence-corrected chi connectivity index (χ0v) is 18.1. The van der Waals surface area contributed by atoms with E-state index in [1.54, 1.807) is 49.3 Å². The van der Waals surface area contributed by atoms with Crippen molar-refractivity contribution >= 4 is 50.8 Å². The molecule has 0 aliphatic carbocycles. The van der Waals surface area contributed by atoms with Gasteiger partial charge >= 0.3 is 0 Å². The monoisotopic (exact) mass is 437 g/mol. The molecule has 3 rings (SSSR count). The molecule has 6 nitrogen and oxygen atoms in total. The molecule has 1 atom stereocenters. The second kappa shape index (κ2) is 8.98. The first-order valence-electron chi connectivity index (χ1n) is 8.61. The Morgan fingerprint density at radius 2 is 2.07 bits per heavy atom. The molecule has 1 unspecified atom stereocenters. The summed E-state index contributed by atoms with van der Waals surface area (Å²) in [6, 6.07) is 8.86. The van der Waals surface area contributed by atoms with Crippen LogP contribution >= 0.6 is 34.7 Å². The highest BCUT2D eigenvalue weighted by Gasteiger charge is 2.21. The molecule has 0 fully saturated rings. The van der Waals surface area contributed by atoms with Crippen molar-refractivity contribution in [3.63, 3.8) is 0 Å². The van der Waals surface area contributed by atoms with E-state index < -0.39 is 0 Å². The van der Waals surface area contributed by atoms with Gasteiger partial charge in [0.05, 0.1) is 17.2 Å². The molecule has 3 aromatic rings. The van der Waals surface area contributed by atoms with Crippen LogP contribution in [0.25, 0.3) is 10.2 Å². The molecule has 148 valence electrons. The summed E-state index contributed by atoms with van der Waals surface area (Å²) in [4.78, 5) is 31.9. The van der Waals surface area contributed by atoms with Gasteiger partial charge < -0.3 is 9.64 Å². The first-order chi connectivity index (χ1) is 13.4. The number of hydrogen-bond acceptors (Lipinski definition) is 6. The van der Waals surface area contributed by atoms with Gasteiger partial charge in [-0.25, -0.2) is 4.98 Å². The number of halogens is 1. The standard InChI is InChI=1S/C19H20ClN3O3S2/c1-12(28-19-21-16-15(8-11-27-16)18(25)23(19)3)17(24)22(2)9-10-26-14-6-4-13(20)5-7-14/h4-8,11-12H,9-10H2,1-3H3. The highest BCUT2D eigenvalue weighted by atomic mass is 35.5. The summed E-state index contributed by atoms with van der Waals surface area (Å²) in [7, 11) is 3.41. The van der Waals surface area contributed by atoms with Crippen LogP contribution < -0.4 is 10.3 Å². The fourth-order valence-electron chi connectivity index (χ4n) is 2.55. The summed E-state index contributed by atoms with van der Waals surface area (Å²) >= 11 is 8.55. The van der Waals surface area contributed by atoms with Gasteiger partial charge in [-0.15, -0.1) is 11.3 Å². The fourth-order valence-corrected chi connectivity index (χ4v) is 4.47. The van der Waals surface area contributed by atoms with E-state index >= 15 is 0 Å². The predicted molar refractivity (Wildman–Crippen MR) is 115 cm³/mol. The van der Waals surface area contributed by atoms with Gasteiger partial charge in [-0.3, -0.25) is 14.2 Å². The molecule has 0 aliphatic rings. The number of aromatic nitrogens is 2. The maximum atomic E-state index is 12.7. The van der Waals surface area contributed by atoms with Crippen molar-refractivity contribution in [2.75, 3.05) is 20.2 Å². The number of ether oxygens (including phenoxy) is 1. The van der Waals surface area contributed by atoms with Crippen LogP contribution in [0.2, 0.25) is 5.02 Å². The second-order valence-electron chi connectivity index (χ2n) is 6.22. The normalized spacial score (nSPS) is 12.1. The Morgan fingerprint density at radius 1 is 1.36 bits per heavy atom. The summed E-state index contributed by atoms with van der Waals surface area (Å²) in [5.74, 6) is 0.654. The molecular formula is C19H20ClN3O3S2. The number of carbonyl (C=O) groups is 1. The Balaban J connectivity index is 1.58. The molecular weight excluding hydrogens is 418 g/mol. The molecule has 2 aromatic heterocycles. The Morgan fingerprint density at radius 3 is 2.79 bits per heavy atom. The predicted octanol–water partition coefficient (Wildman–Crippen LogP) is 3.67. The van der Waals surface area contributed by atoms with Gasteiger partial charge in [-0.05, 0) is 42.6 Å². The molecule has 28 heavy (non-hydrogen) atoms. The topological polar surface area (TPSA) is 64.4 Å². The summed E-state index contributed by atoms with van der Waals surface area (Å²) in [5.41, 5.74) is -0.0990. The van der Waals surface area contributed by atoms with Crippen molar-refractivity contribution in [3.05, 3.63) is 51.1 Å². The SMILES string of the molecule is CC(Sc1nc2sccc2c(=O)n1C)C(=O)N(C)CCOc1ccc(Cl)cc1. The van der Waals surface area contributed by atoms with Crippen LogP contribution in [0.3, 0.4) is 0 Å². The highest BCUT2D eigenvalue weighted by molar-refractivity contribution is 8.00. The molecule has 0 spiro atoms. The summed E-state index contributed by atoms with van der Waals surface area (Å²) in [5, 5.41) is 3.25. The Labute approximate surface area is 176 Å². The molecule has 0 radical (unpaired) electrons. The van der Waals surface area contributed by atoms with Crippen molar-refractivity contribution in [2.45, 2.75) is 17.3 Å². The minimum atomic E-state index is -0.379. The number of amides is 1. The third-order valence-corrected chi connectivity index (χ3v) is 6.37. The maximum absolute atomic E-state index is 12.7. The van der Waals surface area contributed by atoms with Gasteiger partial charge in [0.2, 0.25) is 5.91 Å². The number of thiophene rings is 1. The Kier molecular flexibility index (Phi) is 6.64. The quantitative estimate of drug-likeness (QED) is 0.417. The lowest BCUT2D eigenvalue weighted by Crippen LogP contribution is -2.36. The van der Waals surface area contributed by atoms with Crippen LogP contribution in [0.4, 0.5) is 0 Å². The number of benzene rings is 1. The average molecular weight is 438 g/mol. The number of thioether (sulfide) groups is 1. The van der Waals surface area contributed by atoms with Crippen LogP contribution in [-0.2, 0) is 11.8 Å². The number of nitrogens with zero attached hydrogens (tertiary/aromatic N) is 3. The molecule has 0 bridgehead atoms. The molecule has 0 N–H and O–H groups in total. The van der Waals surface area contributed by atoms with Crippen molar-refractivity contribution < 1.29 is 9.53 Å². The smallest absolute Gasteiger partial charge is 0.262 e. The van der Waals surface area contributed by atoms with Gasteiger partial charge in [-0.1, -0.05) is 23.4 Å². The Hall–Kier alpha value is -2.03. The lowest BCUT2D eigenvalue weighted by molar-refractivity contribution is -0.129. The summed E-state index contributed by atoms with van der Waals surface area (Å²) in [6.45, 7) is 2.64. The van der Waals surface area contributed by atoms with Crippen molar-refractivity contribution in [2.24, 2.45) is 7.05 Å². The fraction of sp³-hybridized carbons (Fsp3) is 0.316. The van der Waals surface area contributed by atoms with Crippen LogP contribution in [0.1, 0.15) is 6.92 Å². The number of hydrogen-bond donors (Lipinski definition) is 0. The zero-order valence-electron chi connectivity index (χ0n) is 15.7. The molecule has 1 amide bonds. The number of fused-ring (bicyclic) bond motifs is 1. The van der Waals surface area contributed by atoms with Crippen molar-refractivity contribution in [3.8, 4) is 5.75 Å². The largest absolute Gasteiger partial charge is 0.492 e. The minimum absolute atomic E-state index is 0.0507. The van der Waals surface area contributed by atoms with Gasteiger partial charge in [0.25, 0.3) is 5.56 Å². The lowest BCUT2D eigenvalue weighted by Gasteiger charge is -2.21. The van der Waals surface area contributed by atoms with E-state index in [0.29, 0.717) is 39.3 Å². The number of likely N-dealkylation sites (N-methyl/N-ethyl adjacent to an activating group) is 1. The number of carbonyl (C=O) groups excluding carboxylic acids is 1. The molecule has 2 heterocycles. The van der Waals surface area contributed by atoms with E-state index in [4.69, 9.17) is 16.3 Å². The zero-order chi connectivity index (χ0) is 20.3. The van der Waals surface area contributed by atoms with E-state index in [0.717, 1.165) is 0 Å². The number of rotatable bonds is 7. The van der Waals surface area contributed by atoms with Gasteiger partial charge in [0.1, 0.15) is 17.2 Å². The van der Waals surface area contributed by atoms with E-state index in [-0.39, 0.29) is 16.7 Å². The highest BCUT2D eigenvalue weighted by Crippen LogP contribution is 2.24. The second-order valence-corrected chi connectivity index (χ2v) is 8.86. The minimum Gasteiger partial charge on any atom is -0.492 e. The Bertz CT molecular complexity index is 1030. The van der Waals surface area contributed by atoms with Gasteiger partial charge in [0.15, 0.2) is 5.16 Å². The summed E-state index contributed by atoms with van der Waals surface area (Å²) in [6.07, 6.45) is 0. The first kappa shape index (κ1) is 20.7. The van der Waals surface area contributed by atoms with Crippen molar-refractivity contribution in [1.29, 1.82) is 0 Å². The van der Waals surface area contributed by atoms with E-state index in [9.17, 15) is 9.59 Å². The first-order valence-corrected chi connectivity index (χ1v) is 10.7. The summed E-state index contributed by atoms with van der Waals surface area (Å²) < 4.78 is 7.13. The average Bonchev–Trinajstić information content (AvgIpc) is 3.15.